The van der Waals surface area contributed by atoms with Crippen LogP contribution in [0.4, 0.5) is 5.69 Å². The molecule has 1 aromatic carbocycles. The maximum atomic E-state index is 6.01. The molecule has 0 spiro atoms. The minimum atomic E-state index is 0.0394. The summed E-state index contributed by atoms with van der Waals surface area (Å²) in [6.45, 7) is 2.84. The quantitative estimate of drug-likeness (QED) is 0.895. The van der Waals surface area contributed by atoms with Crippen LogP contribution in [0.1, 0.15) is 24.1 Å². The molecule has 1 heterocycles. The minimum absolute atomic E-state index is 0.0394. The number of aromatic nitrogens is 1. The maximum absolute atomic E-state index is 6.01. The molecule has 1 atom stereocenters. The molecule has 0 radical (unpaired) electrons. The highest BCUT2D eigenvalue weighted by Gasteiger charge is 2.10. The van der Waals surface area contributed by atoms with Gasteiger partial charge in [0.15, 0.2) is 0 Å². The molecule has 0 amide bonds. The summed E-state index contributed by atoms with van der Waals surface area (Å²) in [5, 5.41) is 0. The summed E-state index contributed by atoms with van der Waals surface area (Å²) in [7, 11) is 2.08. The number of rotatable bonds is 4. The highest BCUT2D eigenvalue weighted by molar-refractivity contribution is 5.54. The predicted octanol–water partition coefficient (Wildman–Crippen LogP) is 2.74. The average Bonchev–Trinajstić information content (AvgIpc) is 2.40. The van der Waals surface area contributed by atoms with E-state index in [1.54, 1.807) is 6.20 Å². The third-order valence-electron chi connectivity index (χ3n) is 2.98. The van der Waals surface area contributed by atoms with Gasteiger partial charge in [-0.3, -0.25) is 4.98 Å². The maximum Gasteiger partial charge on any atom is 0.0441 e. The lowest BCUT2D eigenvalue weighted by Gasteiger charge is -2.23. The van der Waals surface area contributed by atoms with Gasteiger partial charge in [-0.1, -0.05) is 24.3 Å². The Balaban J connectivity index is 2.21. The number of hydrogen-bond acceptors (Lipinski definition) is 3. The summed E-state index contributed by atoms with van der Waals surface area (Å²) in [4.78, 5) is 6.34. The van der Waals surface area contributed by atoms with Gasteiger partial charge in [-0.05, 0) is 30.2 Å². The Morgan fingerprint density at radius 1 is 1.22 bits per heavy atom. The van der Waals surface area contributed by atoms with E-state index >= 15 is 0 Å². The van der Waals surface area contributed by atoms with Crippen LogP contribution in [0.25, 0.3) is 0 Å². The second kappa shape index (κ2) is 5.65. The highest BCUT2D eigenvalue weighted by atomic mass is 15.1. The molecule has 0 aliphatic rings. The molecule has 18 heavy (non-hydrogen) atoms. The molecule has 2 rings (SSSR count). The van der Waals surface area contributed by atoms with Crippen molar-refractivity contribution in [3.63, 3.8) is 0 Å². The second-order valence-corrected chi connectivity index (χ2v) is 4.56. The average molecular weight is 241 g/mol. The van der Waals surface area contributed by atoms with Gasteiger partial charge in [0.25, 0.3) is 0 Å². The third-order valence-corrected chi connectivity index (χ3v) is 2.98. The molecule has 0 bridgehead atoms. The first-order chi connectivity index (χ1) is 8.68. The molecule has 94 valence electrons. The van der Waals surface area contributed by atoms with Crippen LogP contribution in [0, 0.1) is 0 Å². The van der Waals surface area contributed by atoms with Crippen molar-refractivity contribution in [2.24, 2.45) is 5.73 Å². The van der Waals surface area contributed by atoms with Crippen LogP contribution in [0.3, 0.4) is 0 Å². The third kappa shape index (κ3) is 2.87. The molecule has 0 fully saturated rings. The van der Waals surface area contributed by atoms with Crippen LogP contribution >= 0.6 is 0 Å². The van der Waals surface area contributed by atoms with Crippen LogP contribution in [0.2, 0.25) is 0 Å². The van der Waals surface area contributed by atoms with E-state index in [9.17, 15) is 0 Å². The van der Waals surface area contributed by atoms with E-state index in [2.05, 4.69) is 35.1 Å². The standard InChI is InChI=1S/C15H19N3/c1-12(16)14-7-3-4-8-15(14)18(2)11-13-6-5-9-17-10-13/h3-10,12H,11,16H2,1-2H3/t12-/m0/s1. The summed E-state index contributed by atoms with van der Waals surface area (Å²) < 4.78 is 0. The van der Waals surface area contributed by atoms with Gasteiger partial charge in [0.05, 0.1) is 0 Å². The second-order valence-electron chi connectivity index (χ2n) is 4.56. The summed E-state index contributed by atoms with van der Waals surface area (Å²) in [5.41, 5.74) is 9.55. The van der Waals surface area contributed by atoms with Crippen molar-refractivity contribution >= 4 is 5.69 Å². The summed E-state index contributed by atoms with van der Waals surface area (Å²) >= 11 is 0. The minimum Gasteiger partial charge on any atom is -0.370 e. The van der Waals surface area contributed by atoms with Crippen molar-refractivity contribution in [3.8, 4) is 0 Å². The Hall–Kier alpha value is -1.87. The zero-order valence-electron chi connectivity index (χ0n) is 10.9. The highest BCUT2D eigenvalue weighted by Crippen LogP contribution is 2.25. The number of nitrogens with two attached hydrogens (primary N) is 1. The Labute approximate surface area is 108 Å². The van der Waals surface area contributed by atoms with Crippen LogP contribution in [-0.2, 0) is 6.54 Å². The van der Waals surface area contributed by atoms with E-state index in [1.165, 1.54) is 16.8 Å². The Morgan fingerprint density at radius 3 is 2.67 bits per heavy atom. The lowest BCUT2D eigenvalue weighted by Crippen LogP contribution is -2.20. The van der Waals surface area contributed by atoms with Crippen LogP contribution in [0.5, 0.6) is 0 Å². The van der Waals surface area contributed by atoms with E-state index in [-0.39, 0.29) is 6.04 Å². The van der Waals surface area contributed by atoms with Crippen molar-refractivity contribution in [2.75, 3.05) is 11.9 Å². The molecule has 3 heteroatoms. The molecule has 0 aliphatic heterocycles. The molecular formula is C15H19N3. The molecule has 0 saturated carbocycles. The first-order valence-electron chi connectivity index (χ1n) is 6.13. The Morgan fingerprint density at radius 2 is 2.00 bits per heavy atom. The van der Waals surface area contributed by atoms with E-state index in [1.807, 2.05) is 31.3 Å². The fraction of sp³-hybridized carbons (Fsp3) is 0.267. The molecule has 2 aromatic rings. The van der Waals surface area contributed by atoms with Gasteiger partial charge in [0.2, 0.25) is 0 Å². The first-order valence-corrected chi connectivity index (χ1v) is 6.13. The number of hydrogen-bond donors (Lipinski definition) is 1. The SMILES string of the molecule is C[C@H](N)c1ccccc1N(C)Cc1cccnc1. The fourth-order valence-corrected chi connectivity index (χ4v) is 2.07. The van der Waals surface area contributed by atoms with Crippen molar-refractivity contribution in [1.82, 2.24) is 4.98 Å². The molecule has 1 aromatic heterocycles. The van der Waals surface area contributed by atoms with Gasteiger partial charge < -0.3 is 10.6 Å². The smallest absolute Gasteiger partial charge is 0.0441 e. The Kier molecular flexibility index (Phi) is 3.95. The van der Waals surface area contributed by atoms with E-state index in [0.717, 1.165) is 6.54 Å². The van der Waals surface area contributed by atoms with Gasteiger partial charge >= 0.3 is 0 Å². The molecule has 0 saturated heterocycles. The van der Waals surface area contributed by atoms with Crippen molar-refractivity contribution in [3.05, 3.63) is 59.9 Å². The van der Waals surface area contributed by atoms with Gasteiger partial charge in [0, 0.05) is 37.7 Å². The van der Waals surface area contributed by atoms with E-state index < -0.39 is 0 Å². The predicted molar refractivity (Wildman–Crippen MR) is 75.4 cm³/mol. The number of para-hydroxylation sites is 1. The van der Waals surface area contributed by atoms with Gasteiger partial charge in [-0.25, -0.2) is 0 Å². The molecule has 2 N–H and O–H groups in total. The fourth-order valence-electron chi connectivity index (χ4n) is 2.07. The number of pyridine rings is 1. The van der Waals surface area contributed by atoms with E-state index in [0.29, 0.717) is 0 Å². The zero-order valence-corrected chi connectivity index (χ0v) is 10.9. The number of benzene rings is 1. The summed E-state index contributed by atoms with van der Waals surface area (Å²) in [6, 6.07) is 12.3. The topological polar surface area (TPSA) is 42.1 Å². The monoisotopic (exact) mass is 241 g/mol. The Bertz CT molecular complexity index is 494. The lowest BCUT2D eigenvalue weighted by molar-refractivity contribution is 0.800. The van der Waals surface area contributed by atoms with Crippen molar-refractivity contribution in [1.29, 1.82) is 0 Å². The largest absolute Gasteiger partial charge is 0.370 e. The van der Waals surface area contributed by atoms with Crippen LogP contribution in [-0.4, -0.2) is 12.0 Å². The lowest BCUT2D eigenvalue weighted by atomic mass is 10.1. The number of anilines is 1. The van der Waals surface area contributed by atoms with Gasteiger partial charge in [-0.2, -0.15) is 0 Å². The van der Waals surface area contributed by atoms with Crippen LogP contribution in [0.15, 0.2) is 48.8 Å². The van der Waals surface area contributed by atoms with Gasteiger partial charge in [0.1, 0.15) is 0 Å². The van der Waals surface area contributed by atoms with Crippen molar-refractivity contribution < 1.29 is 0 Å². The molecule has 3 nitrogen and oxygen atoms in total. The normalized spacial score (nSPS) is 12.2. The molecule has 0 aliphatic carbocycles. The van der Waals surface area contributed by atoms with E-state index in [4.69, 9.17) is 5.73 Å². The first kappa shape index (κ1) is 12.6. The summed E-state index contributed by atoms with van der Waals surface area (Å²) in [5.74, 6) is 0. The number of nitrogens with zero attached hydrogens (tertiary/aromatic N) is 2. The molecular weight excluding hydrogens is 222 g/mol. The van der Waals surface area contributed by atoms with Crippen LogP contribution < -0.4 is 10.6 Å². The van der Waals surface area contributed by atoms with Gasteiger partial charge in [-0.15, -0.1) is 0 Å². The molecule has 0 unspecified atom stereocenters. The summed E-state index contributed by atoms with van der Waals surface area (Å²) in [6.07, 6.45) is 3.68. The zero-order chi connectivity index (χ0) is 13.0. The van der Waals surface area contributed by atoms with Crippen molar-refractivity contribution in [2.45, 2.75) is 19.5 Å².